The summed E-state index contributed by atoms with van der Waals surface area (Å²) in [6, 6.07) is 15.5. The summed E-state index contributed by atoms with van der Waals surface area (Å²) in [5.41, 5.74) is -0.810. The minimum atomic E-state index is -1.82. The second-order valence-electron chi connectivity index (χ2n) is 6.17. The summed E-state index contributed by atoms with van der Waals surface area (Å²) in [5.74, 6) is -0.123. The summed E-state index contributed by atoms with van der Waals surface area (Å²) in [5, 5.41) is 5.22. The Kier molecular flexibility index (Phi) is 6.21. The van der Waals surface area contributed by atoms with Crippen molar-refractivity contribution in [1.29, 1.82) is 0 Å². The normalized spacial score (nSPS) is 18.6. The summed E-state index contributed by atoms with van der Waals surface area (Å²) in [6.45, 7) is 2.64. The van der Waals surface area contributed by atoms with Crippen LogP contribution in [0, 0.1) is 0 Å². The van der Waals surface area contributed by atoms with Gasteiger partial charge in [0.15, 0.2) is 4.84 Å². The van der Waals surface area contributed by atoms with Crippen LogP contribution in [0.15, 0.2) is 59.6 Å². The van der Waals surface area contributed by atoms with Gasteiger partial charge in [-0.3, -0.25) is 9.59 Å². The zero-order valence-corrected chi connectivity index (χ0v) is 16.6. The molecule has 2 aromatic rings. The molecule has 146 valence electrons. The molecule has 0 spiro atoms. The molecule has 8 heteroatoms. The molecule has 1 unspecified atom stereocenters. The molecule has 0 fully saturated rings. The largest absolute Gasteiger partial charge is 0.494 e. The third kappa shape index (κ3) is 4.13. The fourth-order valence-corrected chi connectivity index (χ4v) is 3.05. The molecule has 1 aliphatic rings. The van der Waals surface area contributed by atoms with Gasteiger partial charge in [0, 0.05) is 11.1 Å². The van der Waals surface area contributed by atoms with Crippen LogP contribution in [0.1, 0.15) is 29.3 Å². The average molecular weight is 420 g/mol. The van der Waals surface area contributed by atoms with Crippen molar-refractivity contribution in [2.75, 3.05) is 6.61 Å². The number of amides is 2. The summed E-state index contributed by atoms with van der Waals surface area (Å²) < 4.78 is 5.55. The van der Waals surface area contributed by atoms with Crippen LogP contribution >= 0.6 is 23.2 Å². The second kappa shape index (κ2) is 8.63. The lowest BCUT2D eigenvalue weighted by Gasteiger charge is -2.25. The zero-order valence-electron chi connectivity index (χ0n) is 15.1. The van der Waals surface area contributed by atoms with E-state index in [9.17, 15) is 9.59 Å². The van der Waals surface area contributed by atoms with Crippen molar-refractivity contribution in [3.63, 3.8) is 0 Å². The molecule has 0 radical (unpaired) electrons. The van der Waals surface area contributed by atoms with E-state index in [0.29, 0.717) is 23.5 Å². The number of benzene rings is 2. The van der Waals surface area contributed by atoms with Crippen molar-refractivity contribution < 1.29 is 14.3 Å². The van der Waals surface area contributed by atoms with Crippen LogP contribution < -0.4 is 15.4 Å². The molecule has 2 amide bonds. The van der Waals surface area contributed by atoms with E-state index in [2.05, 4.69) is 15.6 Å². The number of hydrogen-bond acceptors (Lipinski definition) is 4. The van der Waals surface area contributed by atoms with Gasteiger partial charge >= 0.3 is 0 Å². The van der Waals surface area contributed by atoms with Crippen molar-refractivity contribution in [2.45, 2.75) is 23.8 Å². The number of halogens is 2. The first kappa shape index (κ1) is 20.2. The van der Waals surface area contributed by atoms with E-state index in [0.717, 1.165) is 6.42 Å². The summed E-state index contributed by atoms with van der Waals surface area (Å²) in [7, 11) is 0. The van der Waals surface area contributed by atoms with E-state index in [1.807, 2.05) is 6.92 Å². The monoisotopic (exact) mass is 419 g/mol. The Bertz CT molecular complexity index is 885. The van der Waals surface area contributed by atoms with Gasteiger partial charge in [0.05, 0.1) is 6.61 Å². The molecule has 1 atom stereocenters. The van der Waals surface area contributed by atoms with E-state index in [4.69, 9.17) is 27.9 Å². The topological polar surface area (TPSA) is 79.8 Å². The molecular weight excluding hydrogens is 401 g/mol. The SMILES string of the molecule is CCCOc1ccc(C2=NC(NC(=O)c3ccccc3)(C(Cl)Cl)C(=O)N2)cc1. The molecule has 28 heavy (non-hydrogen) atoms. The highest BCUT2D eigenvalue weighted by atomic mass is 35.5. The van der Waals surface area contributed by atoms with E-state index in [1.165, 1.54) is 0 Å². The maximum atomic E-state index is 12.7. The van der Waals surface area contributed by atoms with Gasteiger partial charge in [-0.1, -0.05) is 48.3 Å². The van der Waals surface area contributed by atoms with Crippen LogP contribution in [-0.2, 0) is 4.79 Å². The van der Waals surface area contributed by atoms with Crippen molar-refractivity contribution in [1.82, 2.24) is 10.6 Å². The van der Waals surface area contributed by atoms with Gasteiger partial charge in [0.1, 0.15) is 11.6 Å². The summed E-state index contributed by atoms with van der Waals surface area (Å²) in [6.07, 6.45) is 0.904. The lowest BCUT2D eigenvalue weighted by molar-refractivity contribution is -0.124. The Morgan fingerprint density at radius 3 is 2.46 bits per heavy atom. The van der Waals surface area contributed by atoms with Crippen LogP contribution in [0.3, 0.4) is 0 Å². The van der Waals surface area contributed by atoms with Gasteiger partial charge in [0.25, 0.3) is 11.8 Å². The molecule has 6 nitrogen and oxygen atoms in total. The smallest absolute Gasteiger partial charge is 0.277 e. The number of hydrogen-bond donors (Lipinski definition) is 2. The number of alkyl halides is 2. The minimum Gasteiger partial charge on any atom is -0.494 e. The van der Waals surface area contributed by atoms with Crippen LogP contribution in [0.4, 0.5) is 0 Å². The van der Waals surface area contributed by atoms with Gasteiger partial charge in [-0.25, -0.2) is 4.99 Å². The second-order valence-corrected chi connectivity index (χ2v) is 7.27. The minimum absolute atomic E-state index is 0.270. The highest BCUT2D eigenvalue weighted by Gasteiger charge is 2.50. The highest BCUT2D eigenvalue weighted by molar-refractivity contribution is 6.47. The van der Waals surface area contributed by atoms with Gasteiger partial charge in [-0.05, 0) is 42.8 Å². The fraction of sp³-hybridized carbons (Fsp3) is 0.250. The first-order valence-electron chi connectivity index (χ1n) is 8.76. The van der Waals surface area contributed by atoms with Gasteiger partial charge < -0.3 is 15.4 Å². The summed E-state index contributed by atoms with van der Waals surface area (Å²) in [4.78, 5) is 28.3. The quantitative estimate of drug-likeness (QED) is 0.675. The standard InChI is InChI=1S/C20H19Cl2N3O3/c1-2-12-28-15-10-8-13(9-11-15)16-23-19(27)20(24-16,18(21)22)25-17(26)14-6-4-3-5-7-14/h3-11,18H,2,12H2,1H3,(H,25,26)(H,23,24,27). The molecule has 1 heterocycles. The fourth-order valence-electron chi connectivity index (χ4n) is 2.65. The number of aliphatic imine (C=N–C) groups is 1. The number of amidine groups is 1. The van der Waals surface area contributed by atoms with Crippen molar-refractivity contribution in [2.24, 2.45) is 4.99 Å². The van der Waals surface area contributed by atoms with Crippen molar-refractivity contribution >= 4 is 40.9 Å². The molecule has 2 aromatic carbocycles. The van der Waals surface area contributed by atoms with Crippen LogP contribution in [0.2, 0.25) is 0 Å². The van der Waals surface area contributed by atoms with Crippen LogP contribution in [0.25, 0.3) is 0 Å². The molecule has 0 saturated carbocycles. The molecule has 0 aliphatic carbocycles. The number of ether oxygens (including phenoxy) is 1. The number of carbonyl (C=O) groups excluding carboxylic acids is 2. The maximum Gasteiger partial charge on any atom is 0.277 e. The Hall–Kier alpha value is -2.57. The Morgan fingerprint density at radius 2 is 1.86 bits per heavy atom. The average Bonchev–Trinajstić information content (AvgIpc) is 3.05. The highest BCUT2D eigenvalue weighted by Crippen LogP contribution is 2.28. The Morgan fingerprint density at radius 1 is 1.18 bits per heavy atom. The zero-order chi connectivity index (χ0) is 20.1. The Balaban J connectivity index is 1.86. The molecule has 0 aromatic heterocycles. The van der Waals surface area contributed by atoms with Crippen LogP contribution in [0.5, 0.6) is 5.75 Å². The van der Waals surface area contributed by atoms with Crippen molar-refractivity contribution in [3.05, 3.63) is 65.7 Å². The van der Waals surface area contributed by atoms with E-state index in [1.54, 1.807) is 54.6 Å². The van der Waals surface area contributed by atoms with Gasteiger partial charge in [0.2, 0.25) is 5.66 Å². The van der Waals surface area contributed by atoms with E-state index in [-0.39, 0.29) is 5.84 Å². The van der Waals surface area contributed by atoms with Crippen molar-refractivity contribution in [3.8, 4) is 5.75 Å². The van der Waals surface area contributed by atoms with E-state index >= 15 is 0 Å². The third-order valence-corrected chi connectivity index (χ3v) is 4.75. The predicted octanol–water partition coefficient (Wildman–Crippen LogP) is 3.28. The molecule has 2 N–H and O–H groups in total. The summed E-state index contributed by atoms with van der Waals surface area (Å²) >= 11 is 12.1. The first-order valence-corrected chi connectivity index (χ1v) is 9.64. The van der Waals surface area contributed by atoms with Gasteiger partial charge in [-0.2, -0.15) is 0 Å². The molecule has 0 bridgehead atoms. The molecule has 3 rings (SSSR count). The predicted molar refractivity (Wildman–Crippen MR) is 109 cm³/mol. The lowest BCUT2D eigenvalue weighted by Crippen LogP contribution is -2.58. The third-order valence-electron chi connectivity index (χ3n) is 4.12. The number of nitrogens with one attached hydrogen (secondary N) is 2. The lowest BCUT2D eigenvalue weighted by atomic mass is 10.1. The Labute approximate surface area is 172 Å². The van der Waals surface area contributed by atoms with E-state index < -0.39 is 22.3 Å². The number of carbonyl (C=O) groups is 2. The molecular formula is C20H19Cl2N3O3. The maximum absolute atomic E-state index is 12.7. The number of nitrogens with zero attached hydrogens (tertiary/aromatic N) is 1. The molecule has 1 aliphatic heterocycles. The molecule has 0 saturated heterocycles. The van der Waals surface area contributed by atoms with Gasteiger partial charge in [-0.15, -0.1) is 0 Å². The number of rotatable bonds is 7. The first-order chi connectivity index (χ1) is 13.5. The van der Waals surface area contributed by atoms with Crippen LogP contribution in [-0.4, -0.2) is 34.8 Å².